The van der Waals surface area contributed by atoms with Crippen LogP contribution in [-0.2, 0) is 27.2 Å². The summed E-state index contributed by atoms with van der Waals surface area (Å²) in [5.74, 6) is -0.181. The Kier molecular flexibility index (Phi) is 9.99. The first kappa shape index (κ1) is 28.9. The zero-order valence-corrected chi connectivity index (χ0v) is 23.2. The van der Waals surface area contributed by atoms with E-state index < -0.39 is 17.9 Å². The molecule has 214 valence electrons. The van der Waals surface area contributed by atoms with E-state index in [1.807, 2.05) is 48.5 Å². The molecule has 1 aliphatic heterocycles. The highest BCUT2D eigenvalue weighted by Gasteiger charge is 2.47. The molecular weight excluding hydrogens is 512 g/mol. The second-order valence-electron chi connectivity index (χ2n) is 10.2. The zero-order valence-electron chi connectivity index (χ0n) is 23.2. The van der Waals surface area contributed by atoms with Gasteiger partial charge in [0.15, 0.2) is 11.5 Å². The number of fused-ring (bicyclic) bond motifs is 1. The van der Waals surface area contributed by atoms with Gasteiger partial charge in [0.2, 0.25) is 17.7 Å². The van der Waals surface area contributed by atoms with Gasteiger partial charge in [0.25, 0.3) is 0 Å². The third-order valence-electron chi connectivity index (χ3n) is 7.57. The van der Waals surface area contributed by atoms with E-state index >= 15 is 0 Å². The molecule has 2 aromatic rings. The van der Waals surface area contributed by atoms with Gasteiger partial charge < -0.3 is 25.0 Å². The number of hydrogen-bond acceptors (Lipinski definition) is 6. The van der Waals surface area contributed by atoms with Gasteiger partial charge in [-0.3, -0.25) is 19.3 Å². The first-order chi connectivity index (χ1) is 19.4. The van der Waals surface area contributed by atoms with Crippen molar-refractivity contribution < 1.29 is 28.7 Å². The number of nitrogens with zero attached hydrogens (tertiary/aromatic N) is 2. The Morgan fingerprint density at radius 3 is 2.17 bits per heavy atom. The Labute approximate surface area is 235 Å². The molecule has 4 rings (SSSR count). The summed E-state index contributed by atoms with van der Waals surface area (Å²) in [5, 5.41) is 5.69. The lowest BCUT2D eigenvalue weighted by Crippen LogP contribution is -2.65. The summed E-state index contributed by atoms with van der Waals surface area (Å²) in [5.41, 5.74) is 2.05. The number of nitrogens with one attached hydrogen (secondary N) is 2. The van der Waals surface area contributed by atoms with Gasteiger partial charge in [-0.2, -0.15) is 0 Å². The number of urea groups is 1. The van der Waals surface area contributed by atoms with Crippen molar-refractivity contribution in [2.24, 2.45) is 5.92 Å². The van der Waals surface area contributed by atoms with Crippen LogP contribution in [-0.4, -0.2) is 80.0 Å². The van der Waals surface area contributed by atoms with Crippen LogP contribution in [0, 0.1) is 5.92 Å². The number of benzene rings is 2. The predicted molar refractivity (Wildman–Crippen MR) is 149 cm³/mol. The predicted octanol–water partition coefficient (Wildman–Crippen LogP) is 2.54. The highest BCUT2D eigenvalue weighted by Crippen LogP contribution is 2.34. The van der Waals surface area contributed by atoms with E-state index in [1.54, 1.807) is 14.2 Å². The van der Waals surface area contributed by atoms with Crippen molar-refractivity contribution in [3.05, 3.63) is 59.7 Å². The molecule has 2 atom stereocenters. The van der Waals surface area contributed by atoms with E-state index in [-0.39, 0.29) is 30.9 Å². The monoisotopic (exact) mass is 550 g/mol. The minimum absolute atomic E-state index is 0.161. The van der Waals surface area contributed by atoms with Gasteiger partial charge in [-0.25, -0.2) is 4.79 Å². The molecule has 2 aromatic carbocycles. The Hall–Kier alpha value is -4.08. The van der Waals surface area contributed by atoms with Crippen LogP contribution in [0.3, 0.4) is 0 Å². The molecule has 0 spiro atoms. The summed E-state index contributed by atoms with van der Waals surface area (Å²) in [7, 11) is 3.14. The SMILES string of the molecule is COc1ccc(CCNC(=O)CN2C(=O)N(CC(=O)NCCc3ccccc3)C(=O)C3CCCCC32)cc1OC. The van der Waals surface area contributed by atoms with Crippen LogP contribution in [0.25, 0.3) is 0 Å². The van der Waals surface area contributed by atoms with E-state index in [0.29, 0.717) is 50.3 Å². The first-order valence-electron chi connectivity index (χ1n) is 13.8. The van der Waals surface area contributed by atoms with Gasteiger partial charge in [0, 0.05) is 19.1 Å². The van der Waals surface area contributed by atoms with Gasteiger partial charge in [0.1, 0.15) is 13.1 Å². The molecule has 0 radical (unpaired) electrons. The number of imide groups is 1. The minimum Gasteiger partial charge on any atom is -0.493 e. The van der Waals surface area contributed by atoms with Crippen molar-refractivity contribution in [2.75, 3.05) is 40.4 Å². The van der Waals surface area contributed by atoms with Crippen LogP contribution in [0.4, 0.5) is 4.79 Å². The molecule has 2 aliphatic rings. The maximum atomic E-state index is 13.4. The Bertz CT molecular complexity index is 1200. The molecule has 2 unspecified atom stereocenters. The fourth-order valence-electron chi connectivity index (χ4n) is 5.48. The summed E-state index contributed by atoms with van der Waals surface area (Å²) in [4.78, 5) is 54.7. The molecule has 1 heterocycles. The molecule has 10 heteroatoms. The van der Waals surface area contributed by atoms with E-state index in [4.69, 9.17) is 9.47 Å². The quantitative estimate of drug-likeness (QED) is 0.420. The van der Waals surface area contributed by atoms with Gasteiger partial charge in [-0.1, -0.05) is 49.2 Å². The van der Waals surface area contributed by atoms with Crippen molar-refractivity contribution in [3.63, 3.8) is 0 Å². The normalized spacial score (nSPS) is 18.6. The van der Waals surface area contributed by atoms with Gasteiger partial charge >= 0.3 is 6.03 Å². The molecular formula is C30H38N4O6. The van der Waals surface area contributed by atoms with Crippen LogP contribution in [0.5, 0.6) is 11.5 Å². The van der Waals surface area contributed by atoms with Crippen molar-refractivity contribution in [1.82, 2.24) is 20.4 Å². The molecule has 10 nitrogen and oxygen atoms in total. The molecule has 0 aromatic heterocycles. The van der Waals surface area contributed by atoms with Crippen molar-refractivity contribution in [3.8, 4) is 11.5 Å². The molecule has 5 amide bonds. The highest BCUT2D eigenvalue weighted by molar-refractivity contribution is 6.02. The maximum Gasteiger partial charge on any atom is 0.327 e. The van der Waals surface area contributed by atoms with E-state index in [2.05, 4.69) is 10.6 Å². The van der Waals surface area contributed by atoms with Crippen LogP contribution >= 0.6 is 0 Å². The average Bonchev–Trinajstić information content (AvgIpc) is 2.98. The number of methoxy groups -OCH3 is 2. The molecule has 1 saturated heterocycles. The average molecular weight is 551 g/mol. The van der Waals surface area contributed by atoms with Gasteiger partial charge in [-0.15, -0.1) is 0 Å². The minimum atomic E-state index is -0.582. The summed E-state index contributed by atoms with van der Waals surface area (Å²) in [6, 6.07) is 14.4. The molecule has 2 N–H and O–H groups in total. The topological polar surface area (TPSA) is 117 Å². The molecule has 1 aliphatic carbocycles. The van der Waals surface area contributed by atoms with Gasteiger partial charge in [-0.05, 0) is 48.9 Å². The second-order valence-corrected chi connectivity index (χ2v) is 10.2. The number of carbonyl (C=O) groups is 4. The summed E-state index contributed by atoms with van der Waals surface area (Å²) in [6.07, 6.45) is 4.29. The fourth-order valence-corrected chi connectivity index (χ4v) is 5.48. The number of rotatable bonds is 12. The lowest BCUT2D eigenvalue weighted by molar-refractivity contribution is -0.144. The lowest BCUT2D eigenvalue weighted by Gasteiger charge is -2.46. The van der Waals surface area contributed by atoms with Crippen molar-refractivity contribution >= 4 is 23.8 Å². The van der Waals surface area contributed by atoms with E-state index in [1.165, 1.54) is 4.90 Å². The van der Waals surface area contributed by atoms with Crippen LogP contribution in [0.2, 0.25) is 0 Å². The van der Waals surface area contributed by atoms with Crippen molar-refractivity contribution in [2.45, 2.75) is 44.6 Å². The Morgan fingerprint density at radius 2 is 1.48 bits per heavy atom. The third-order valence-corrected chi connectivity index (χ3v) is 7.57. The van der Waals surface area contributed by atoms with Crippen LogP contribution in [0.15, 0.2) is 48.5 Å². The van der Waals surface area contributed by atoms with Gasteiger partial charge in [0.05, 0.1) is 20.1 Å². The second kappa shape index (κ2) is 13.8. The fraction of sp³-hybridized carbons (Fsp3) is 0.467. The summed E-state index contributed by atoms with van der Waals surface area (Å²) in [6.45, 7) is 0.257. The zero-order chi connectivity index (χ0) is 28.5. The smallest absolute Gasteiger partial charge is 0.327 e. The molecule has 2 fully saturated rings. The highest BCUT2D eigenvalue weighted by atomic mass is 16.5. The van der Waals surface area contributed by atoms with Crippen LogP contribution < -0.4 is 20.1 Å². The summed E-state index contributed by atoms with van der Waals surface area (Å²) >= 11 is 0. The number of amides is 5. The molecule has 1 saturated carbocycles. The standard InChI is InChI=1S/C30H38N4O6/c1-39-25-13-12-22(18-26(25)40-2)15-17-32-27(35)19-33-24-11-7-6-10-23(24)29(37)34(30(33)38)20-28(36)31-16-14-21-8-4-3-5-9-21/h3-5,8-9,12-13,18,23-24H,6-7,10-11,14-17,19-20H2,1-2H3,(H,31,36)(H,32,35). The molecule has 40 heavy (non-hydrogen) atoms. The number of carbonyl (C=O) groups excluding carboxylic acids is 4. The summed E-state index contributed by atoms with van der Waals surface area (Å²) < 4.78 is 10.6. The number of ether oxygens (including phenoxy) is 2. The Balaban J connectivity index is 1.33. The largest absolute Gasteiger partial charge is 0.493 e. The molecule has 0 bridgehead atoms. The van der Waals surface area contributed by atoms with E-state index in [0.717, 1.165) is 28.9 Å². The van der Waals surface area contributed by atoms with Crippen molar-refractivity contribution in [1.29, 1.82) is 0 Å². The maximum absolute atomic E-state index is 13.4. The Morgan fingerprint density at radius 1 is 0.825 bits per heavy atom. The number of hydrogen-bond donors (Lipinski definition) is 2. The third kappa shape index (κ3) is 7.11. The lowest BCUT2D eigenvalue weighted by atomic mass is 9.81. The van der Waals surface area contributed by atoms with Crippen LogP contribution in [0.1, 0.15) is 36.8 Å². The first-order valence-corrected chi connectivity index (χ1v) is 13.8. The van der Waals surface area contributed by atoms with E-state index in [9.17, 15) is 19.2 Å².